The molecule has 1 aliphatic rings. The van der Waals surface area contributed by atoms with Crippen LogP contribution in [-0.4, -0.2) is 48.8 Å². The second kappa shape index (κ2) is 5.73. The molecule has 1 heterocycles. The summed E-state index contributed by atoms with van der Waals surface area (Å²) in [6.45, 7) is 1.01. The molecule has 18 heavy (non-hydrogen) atoms. The van der Waals surface area contributed by atoms with Crippen LogP contribution in [0.4, 0.5) is 0 Å². The summed E-state index contributed by atoms with van der Waals surface area (Å²) in [7, 11) is 1.60. The Morgan fingerprint density at radius 2 is 2.06 bits per heavy atom. The summed E-state index contributed by atoms with van der Waals surface area (Å²) in [6, 6.07) is 7.06. The van der Waals surface area contributed by atoms with Crippen molar-refractivity contribution >= 4 is 5.91 Å². The first-order valence-corrected chi connectivity index (χ1v) is 5.91. The van der Waals surface area contributed by atoms with Crippen molar-refractivity contribution in [3.05, 3.63) is 24.3 Å². The molecule has 1 aromatic rings. The number of aliphatic hydroxyl groups is 1. The Morgan fingerprint density at radius 1 is 1.39 bits per heavy atom. The van der Waals surface area contributed by atoms with Gasteiger partial charge in [0.1, 0.15) is 11.5 Å². The first-order chi connectivity index (χ1) is 8.69. The van der Waals surface area contributed by atoms with Gasteiger partial charge in [0, 0.05) is 13.1 Å². The van der Waals surface area contributed by atoms with Crippen LogP contribution in [0.2, 0.25) is 0 Å². The third-order valence-corrected chi connectivity index (χ3v) is 2.94. The minimum absolute atomic E-state index is 0.000944. The van der Waals surface area contributed by atoms with E-state index in [0.717, 1.165) is 5.75 Å². The average Bonchev–Trinajstić information content (AvgIpc) is 2.83. The van der Waals surface area contributed by atoms with Crippen molar-refractivity contribution in [2.75, 3.05) is 26.8 Å². The predicted octanol–water partition coefficient (Wildman–Crippen LogP) is 0.667. The Hall–Kier alpha value is -1.75. The molecule has 0 aromatic heterocycles. The standard InChI is InChI=1S/C13H17NO4/c1-17-11-2-4-12(5-3-11)18-9-13(16)14-7-6-10(15)8-14/h2-5,10,15H,6-9H2,1H3/t10-/m1/s1. The fourth-order valence-corrected chi connectivity index (χ4v) is 1.88. The fourth-order valence-electron chi connectivity index (χ4n) is 1.88. The number of benzene rings is 1. The largest absolute Gasteiger partial charge is 0.497 e. The number of hydrogen-bond acceptors (Lipinski definition) is 4. The second-order valence-corrected chi connectivity index (χ2v) is 4.25. The smallest absolute Gasteiger partial charge is 0.260 e. The molecule has 1 N–H and O–H groups in total. The summed E-state index contributed by atoms with van der Waals surface area (Å²) in [4.78, 5) is 13.4. The number of nitrogens with zero attached hydrogens (tertiary/aromatic N) is 1. The zero-order valence-electron chi connectivity index (χ0n) is 10.3. The van der Waals surface area contributed by atoms with E-state index >= 15 is 0 Å². The quantitative estimate of drug-likeness (QED) is 0.854. The summed E-state index contributed by atoms with van der Waals surface area (Å²) in [5.41, 5.74) is 0. The molecule has 0 bridgehead atoms. The van der Waals surface area contributed by atoms with Crippen LogP contribution >= 0.6 is 0 Å². The molecule has 0 aliphatic carbocycles. The van der Waals surface area contributed by atoms with Gasteiger partial charge in [0.25, 0.3) is 5.91 Å². The van der Waals surface area contributed by atoms with E-state index in [1.807, 2.05) is 0 Å². The lowest BCUT2D eigenvalue weighted by atomic mass is 10.3. The number of aliphatic hydroxyl groups excluding tert-OH is 1. The Bertz CT molecular complexity index is 404. The minimum Gasteiger partial charge on any atom is -0.497 e. The third-order valence-electron chi connectivity index (χ3n) is 2.94. The predicted molar refractivity (Wildman–Crippen MR) is 65.7 cm³/mol. The normalized spacial score (nSPS) is 18.8. The lowest BCUT2D eigenvalue weighted by Crippen LogP contribution is -2.33. The van der Waals surface area contributed by atoms with Crippen molar-refractivity contribution in [1.82, 2.24) is 4.90 Å². The Balaban J connectivity index is 1.81. The molecule has 5 heteroatoms. The van der Waals surface area contributed by atoms with Crippen LogP contribution in [0.25, 0.3) is 0 Å². The highest BCUT2D eigenvalue weighted by molar-refractivity contribution is 5.78. The van der Waals surface area contributed by atoms with Crippen molar-refractivity contribution in [3.8, 4) is 11.5 Å². The molecule has 0 spiro atoms. The van der Waals surface area contributed by atoms with Gasteiger partial charge >= 0.3 is 0 Å². The number of methoxy groups -OCH3 is 1. The lowest BCUT2D eigenvalue weighted by molar-refractivity contribution is -0.132. The van der Waals surface area contributed by atoms with Crippen molar-refractivity contribution in [2.24, 2.45) is 0 Å². The zero-order valence-corrected chi connectivity index (χ0v) is 10.3. The molecular weight excluding hydrogens is 234 g/mol. The van der Waals surface area contributed by atoms with E-state index < -0.39 is 6.10 Å². The van der Waals surface area contributed by atoms with Crippen LogP contribution in [-0.2, 0) is 4.79 Å². The van der Waals surface area contributed by atoms with Gasteiger partial charge in [-0.1, -0.05) is 0 Å². The summed E-state index contributed by atoms with van der Waals surface area (Å²) in [6.07, 6.45) is 0.254. The molecule has 1 saturated heterocycles. The molecule has 1 amide bonds. The second-order valence-electron chi connectivity index (χ2n) is 4.25. The van der Waals surface area contributed by atoms with Crippen LogP contribution < -0.4 is 9.47 Å². The Labute approximate surface area is 106 Å². The van der Waals surface area contributed by atoms with Crippen LogP contribution in [0.1, 0.15) is 6.42 Å². The monoisotopic (exact) mass is 251 g/mol. The van der Waals surface area contributed by atoms with Gasteiger partial charge in [-0.05, 0) is 30.7 Å². The first kappa shape index (κ1) is 12.7. The van der Waals surface area contributed by atoms with Gasteiger partial charge in [-0.15, -0.1) is 0 Å². The van der Waals surface area contributed by atoms with Gasteiger partial charge in [-0.25, -0.2) is 0 Å². The summed E-state index contributed by atoms with van der Waals surface area (Å²) in [5.74, 6) is 1.28. The topological polar surface area (TPSA) is 59.0 Å². The molecule has 1 aliphatic heterocycles. The number of hydrogen-bond donors (Lipinski definition) is 1. The summed E-state index contributed by atoms with van der Waals surface area (Å²) < 4.78 is 10.4. The first-order valence-electron chi connectivity index (χ1n) is 5.91. The van der Waals surface area contributed by atoms with Crippen molar-refractivity contribution < 1.29 is 19.4 Å². The molecule has 1 atom stereocenters. The maximum absolute atomic E-state index is 11.8. The van der Waals surface area contributed by atoms with E-state index in [1.165, 1.54) is 0 Å². The number of ether oxygens (including phenoxy) is 2. The van der Waals surface area contributed by atoms with Crippen molar-refractivity contribution in [3.63, 3.8) is 0 Å². The average molecular weight is 251 g/mol. The van der Waals surface area contributed by atoms with Gasteiger partial charge in [0.15, 0.2) is 6.61 Å². The number of amides is 1. The van der Waals surface area contributed by atoms with E-state index in [4.69, 9.17) is 9.47 Å². The lowest BCUT2D eigenvalue weighted by Gasteiger charge is -2.15. The van der Waals surface area contributed by atoms with Crippen molar-refractivity contribution in [2.45, 2.75) is 12.5 Å². The molecule has 1 aromatic carbocycles. The van der Waals surface area contributed by atoms with Crippen molar-refractivity contribution in [1.29, 1.82) is 0 Å². The Morgan fingerprint density at radius 3 is 2.61 bits per heavy atom. The van der Waals surface area contributed by atoms with E-state index in [0.29, 0.717) is 25.3 Å². The summed E-state index contributed by atoms with van der Waals surface area (Å²) in [5, 5.41) is 9.34. The maximum atomic E-state index is 11.8. The highest BCUT2D eigenvalue weighted by Crippen LogP contribution is 2.17. The molecule has 0 unspecified atom stereocenters. The maximum Gasteiger partial charge on any atom is 0.260 e. The third kappa shape index (κ3) is 3.13. The molecular formula is C13H17NO4. The molecule has 98 valence electrons. The molecule has 2 rings (SSSR count). The van der Waals surface area contributed by atoms with Crippen LogP contribution in [0, 0.1) is 0 Å². The van der Waals surface area contributed by atoms with E-state index in [1.54, 1.807) is 36.3 Å². The fraction of sp³-hybridized carbons (Fsp3) is 0.462. The minimum atomic E-state index is -0.394. The van der Waals surface area contributed by atoms with Gasteiger partial charge in [-0.3, -0.25) is 4.79 Å². The Kier molecular flexibility index (Phi) is 4.04. The molecule has 0 radical (unpaired) electrons. The van der Waals surface area contributed by atoms with E-state index in [9.17, 15) is 9.90 Å². The van der Waals surface area contributed by atoms with E-state index in [-0.39, 0.29) is 12.5 Å². The van der Waals surface area contributed by atoms with Gasteiger partial charge in [-0.2, -0.15) is 0 Å². The molecule has 1 fully saturated rings. The zero-order chi connectivity index (χ0) is 13.0. The van der Waals surface area contributed by atoms with Gasteiger partial charge in [0.2, 0.25) is 0 Å². The van der Waals surface area contributed by atoms with Gasteiger partial charge in [0.05, 0.1) is 13.2 Å². The number of carbonyl (C=O) groups excluding carboxylic acids is 1. The van der Waals surface area contributed by atoms with E-state index in [2.05, 4.69) is 0 Å². The number of carbonyl (C=O) groups is 1. The number of β-amino-alcohol motifs (C(OH)–C–C–N with tert-alkyl or cyclic N) is 1. The SMILES string of the molecule is COc1ccc(OCC(=O)N2CC[C@@H](O)C2)cc1. The number of rotatable bonds is 4. The van der Waals surface area contributed by atoms with Crippen LogP contribution in [0.15, 0.2) is 24.3 Å². The molecule has 5 nitrogen and oxygen atoms in total. The highest BCUT2D eigenvalue weighted by Gasteiger charge is 2.24. The number of likely N-dealkylation sites (tertiary alicyclic amines) is 1. The van der Waals surface area contributed by atoms with Crippen LogP contribution in [0.3, 0.4) is 0 Å². The van der Waals surface area contributed by atoms with Gasteiger partial charge < -0.3 is 19.5 Å². The highest BCUT2D eigenvalue weighted by atomic mass is 16.5. The summed E-state index contributed by atoms with van der Waals surface area (Å²) >= 11 is 0. The molecule has 0 saturated carbocycles. The van der Waals surface area contributed by atoms with Crippen LogP contribution in [0.5, 0.6) is 11.5 Å².